The van der Waals surface area contributed by atoms with Gasteiger partial charge in [-0.3, -0.25) is 4.90 Å². The van der Waals surface area contributed by atoms with E-state index in [0.29, 0.717) is 0 Å². The first-order valence-electron chi connectivity index (χ1n) is 25.5. The monoisotopic (exact) mass is 710 g/mol. The zero-order chi connectivity index (χ0) is 34.2. The van der Waals surface area contributed by atoms with Gasteiger partial charge in [0.1, 0.15) is 0 Å². The molecule has 11 aliphatic carbocycles. The standard InChI is InChI=1S/C51H83N/c1-2-11-33(12-3-1)34-21-24-41(25-22-34)52(50-20-10-19-45-43-17-8-6-16-38(43)30-48(45)50)42-26-23-39-31-49-44-18-9-7-15-37(44)29-46(51(49)47(39)32-42)40-27-35-13-4-5-14-36(35)28-40/h33-51H,1-32H2. The molecule has 15 atom stereocenters. The van der Waals surface area contributed by atoms with Crippen LogP contribution in [0.3, 0.4) is 0 Å². The van der Waals surface area contributed by atoms with Crippen LogP contribution in [0.2, 0.25) is 0 Å². The third-order valence-electron chi connectivity index (χ3n) is 21.5. The summed E-state index contributed by atoms with van der Waals surface area (Å²) in [4.78, 5) is 3.53. The van der Waals surface area contributed by atoms with Crippen LogP contribution in [0, 0.1) is 94.7 Å². The predicted molar refractivity (Wildman–Crippen MR) is 217 cm³/mol. The number of nitrogens with zero attached hydrogens (tertiary/aromatic N) is 1. The van der Waals surface area contributed by atoms with E-state index >= 15 is 0 Å². The molecule has 0 aromatic rings. The zero-order valence-electron chi connectivity index (χ0n) is 34.0. The second-order valence-electron chi connectivity index (χ2n) is 23.2. The summed E-state index contributed by atoms with van der Waals surface area (Å²) in [6, 6.07) is 2.84. The Morgan fingerprint density at radius 3 is 1.44 bits per heavy atom. The van der Waals surface area contributed by atoms with Crippen LogP contribution in [0.5, 0.6) is 0 Å². The largest absolute Gasteiger partial charge is 0.294 e. The maximum absolute atomic E-state index is 3.53. The van der Waals surface area contributed by atoms with Crippen LogP contribution < -0.4 is 0 Å². The molecule has 0 amide bonds. The Hall–Kier alpha value is -0.0400. The maximum Gasteiger partial charge on any atom is 0.0132 e. The topological polar surface area (TPSA) is 3.24 Å². The molecular formula is C51H83N. The Bertz CT molecular complexity index is 1180. The molecule has 0 aliphatic heterocycles. The lowest BCUT2D eigenvalue weighted by atomic mass is 9.54. The first kappa shape index (κ1) is 35.1. The average molecular weight is 710 g/mol. The van der Waals surface area contributed by atoms with E-state index in [1.165, 1.54) is 6.42 Å². The molecule has 11 aliphatic rings. The average Bonchev–Trinajstić information content (AvgIpc) is 3.92. The van der Waals surface area contributed by atoms with Gasteiger partial charge in [-0.2, -0.15) is 0 Å². The van der Waals surface area contributed by atoms with E-state index in [1.54, 1.807) is 199 Å². The number of hydrogen-bond acceptors (Lipinski definition) is 1. The Morgan fingerprint density at radius 1 is 0.231 bits per heavy atom. The minimum absolute atomic E-state index is 0.938. The lowest BCUT2D eigenvalue weighted by Crippen LogP contribution is -2.57. The van der Waals surface area contributed by atoms with Gasteiger partial charge in [0.05, 0.1) is 0 Å². The molecule has 11 rings (SSSR count). The van der Waals surface area contributed by atoms with Gasteiger partial charge in [0.25, 0.3) is 0 Å². The molecule has 1 nitrogen and oxygen atoms in total. The molecule has 11 fully saturated rings. The molecule has 15 unspecified atom stereocenters. The van der Waals surface area contributed by atoms with E-state index in [-0.39, 0.29) is 0 Å². The van der Waals surface area contributed by atoms with E-state index < -0.39 is 0 Å². The van der Waals surface area contributed by atoms with Crippen molar-refractivity contribution in [3.63, 3.8) is 0 Å². The summed E-state index contributed by atoms with van der Waals surface area (Å²) in [7, 11) is 0. The third kappa shape index (κ3) is 6.29. The summed E-state index contributed by atoms with van der Waals surface area (Å²) in [5.41, 5.74) is 0. The Labute approximate surface area is 322 Å². The van der Waals surface area contributed by atoms with Gasteiger partial charge in [-0.25, -0.2) is 0 Å². The minimum Gasteiger partial charge on any atom is -0.294 e. The van der Waals surface area contributed by atoms with E-state index in [2.05, 4.69) is 4.90 Å². The van der Waals surface area contributed by atoms with Gasteiger partial charge in [-0.1, -0.05) is 103 Å². The molecule has 0 spiro atoms. The van der Waals surface area contributed by atoms with Gasteiger partial charge < -0.3 is 0 Å². The third-order valence-corrected chi connectivity index (χ3v) is 21.5. The molecule has 1 heteroatoms. The summed E-state index contributed by atoms with van der Waals surface area (Å²) in [6.07, 6.45) is 51.1. The zero-order valence-corrected chi connectivity index (χ0v) is 34.0. The number of hydrogen-bond donors (Lipinski definition) is 0. The van der Waals surface area contributed by atoms with Crippen molar-refractivity contribution in [1.29, 1.82) is 0 Å². The fourth-order valence-corrected chi connectivity index (χ4v) is 19.7. The van der Waals surface area contributed by atoms with Gasteiger partial charge >= 0.3 is 0 Å². The fraction of sp³-hybridized carbons (Fsp3) is 1.00. The van der Waals surface area contributed by atoms with Crippen LogP contribution in [-0.2, 0) is 0 Å². The highest BCUT2D eigenvalue weighted by Gasteiger charge is 2.59. The summed E-state index contributed by atoms with van der Waals surface area (Å²) in [6.45, 7) is 0. The van der Waals surface area contributed by atoms with Gasteiger partial charge in [0, 0.05) is 18.1 Å². The highest BCUT2D eigenvalue weighted by Crippen LogP contribution is 2.66. The predicted octanol–water partition coefficient (Wildman–Crippen LogP) is 13.9. The van der Waals surface area contributed by atoms with Crippen LogP contribution in [0.4, 0.5) is 0 Å². The summed E-state index contributed by atoms with van der Waals surface area (Å²) in [5.74, 6) is 17.8. The van der Waals surface area contributed by atoms with Crippen molar-refractivity contribution in [3.8, 4) is 0 Å². The quantitative estimate of drug-likeness (QED) is 0.275. The van der Waals surface area contributed by atoms with Crippen molar-refractivity contribution in [2.45, 2.75) is 224 Å². The first-order valence-corrected chi connectivity index (χ1v) is 25.5. The van der Waals surface area contributed by atoms with E-state index in [9.17, 15) is 0 Å². The lowest BCUT2D eigenvalue weighted by molar-refractivity contribution is -0.0544. The molecule has 0 saturated heterocycles. The van der Waals surface area contributed by atoms with Crippen molar-refractivity contribution in [2.24, 2.45) is 94.7 Å². The van der Waals surface area contributed by atoms with Crippen LogP contribution in [-0.4, -0.2) is 23.0 Å². The summed E-state index contributed by atoms with van der Waals surface area (Å²) < 4.78 is 0. The second-order valence-corrected chi connectivity index (χ2v) is 23.2. The summed E-state index contributed by atoms with van der Waals surface area (Å²) >= 11 is 0. The van der Waals surface area contributed by atoms with Crippen molar-refractivity contribution >= 4 is 0 Å². The molecule has 0 heterocycles. The van der Waals surface area contributed by atoms with Crippen LogP contribution in [0.15, 0.2) is 0 Å². The van der Waals surface area contributed by atoms with E-state index in [4.69, 9.17) is 0 Å². The number of rotatable bonds is 5. The molecule has 0 bridgehead atoms. The Balaban J connectivity index is 0.879. The maximum atomic E-state index is 3.53. The molecule has 0 aromatic carbocycles. The van der Waals surface area contributed by atoms with Crippen LogP contribution in [0.25, 0.3) is 0 Å². The van der Waals surface area contributed by atoms with Crippen LogP contribution in [0.1, 0.15) is 205 Å². The van der Waals surface area contributed by atoms with Crippen LogP contribution >= 0.6 is 0 Å². The molecule has 52 heavy (non-hydrogen) atoms. The fourth-order valence-electron chi connectivity index (χ4n) is 19.7. The Kier molecular flexibility index (Phi) is 10.2. The van der Waals surface area contributed by atoms with Crippen molar-refractivity contribution < 1.29 is 0 Å². The molecule has 0 N–H and O–H groups in total. The van der Waals surface area contributed by atoms with Gasteiger partial charge in [-0.15, -0.1) is 0 Å². The summed E-state index contributed by atoms with van der Waals surface area (Å²) in [5, 5.41) is 0. The molecular weight excluding hydrogens is 627 g/mol. The normalized spacial score (nSPS) is 53.7. The van der Waals surface area contributed by atoms with Gasteiger partial charge in [0.15, 0.2) is 0 Å². The lowest BCUT2D eigenvalue weighted by Gasteiger charge is -2.54. The first-order chi connectivity index (χ1) is 25.8. The number of fused-ring (bicyclic) bond motifs is 9. The highest BCUT2D eigenvalue weighted by atomic mass is 15.2. The molecule has 0 aromatic heterocycles. The van der Waals surface area contributed by atoms with Crippen molar-refractivity contribution in [1.82, 2.24) is 4.90 Å². The second kappa shape index (κ2) is 15.0. The van der Waals surface area contributed by atoms with E-state index in [1.807, 2.05) is 0 Å². The molecule has 292 valence electrons. The van der Waals surface area contributed by atoms with Gasteiger partial charge in [-0.05, 0) is 197 Å². The Morgan fingerprint density at radius 2 is 0.712 bits per heavy atom. The molecule has 11 saturated carbocycles. The van der Waals surface area contributed by atoms with Crippen molar-refractivity contribution in [2.75, 3.05) is 0 Å². The highest BCUT2D eigenvalue weighted by molar-refractivity contribution is 5.09. The van der Waals surface area contributed by atoms with Crippen molar-refractivity contribution in [3.05, 3.63) is 0 Å². The minimum atomic E-state index is 0.938. The smallest absolute Gasteiger partial charge is 0.0132 e. The van der Waals surface area contributed by atoms with Gasteiger partial charge in [0.2, 0.25) is 0 Å². The van der Waals surface area contributed by atoms with E-state index in [0.717, 1.165) is 113 Å². The molecule has 0 radical (unpaired) electrons. The SMILES string of the molecule is C1CCC(C2CCC(N(C3CCC4CC5C6CCCCC6CC(C6CC7CCCCC7C6)C5C4C3)C3CCCC4C5CCCCC5CC43)CC2)CC1.